The second-order valence-electron chi connectivity index (χ2n) is 8.51. The summed E-state index contributed by atoms with van der Waals surface area (Å²) in [6, 6.07) is 8.72. The summed E-state index contributed by atoms with van der Waals surface area (Å²) in [5.74, 6) is -1.15. The summed E-state index contributed by atoms with van der Waals surface area (Å²) in [5.41, 5.74) is -1.29. The highest BCUT2D eigenvalue weighted by Crippen LogP contribution is 2.33. The third kappa shape index (κ3) is 6.93. The summed E-state index contributed by atoms with van der Waals surface area (Å²) in [6.45, 7) is -0.920. The molecule has 0 saturated heterocycles. The number of fused-ring (bicyclic) bond motifs is 1. The number of rotatable bonds is 8. The van der Waals surface area contributed by atoms with Crippen LogP contribution in [0.15, 0.2) is 64.0 Å². The Morgan fingerprint density at radius 3 is 2.45 bits per heavy atom. The average molecular weight is 626 g/mol. The molecule has 0 bridgehead atoms. The predicted octanol–water partition coefficient (Wildman–Crippen LogP) is 6.37. The van der Waals surface area contributed by atoms with Crippen LogP contribution in [0.1, 0.15) is 0 Å². The van der Waals surface area contributed by atoms with Gasteiger partial charge in [0.1, 0.15) is 24.0 Å². The summed E-state index contributed by atoms with van der Waals surface area (Å²) in [5, 5.41) is 7.82. The van der Waals surface area contributed by atoms with E-state index >= 15 is 0 Å². The number of anilines is 3. The fourth-order valence-corrected chi connectivity index (χ4v) is 4.38. The number of methoxy groups -OCH3 is 1. The highest BCUT2D eigenvalue weighted by molar-refractivity contribution is 9.10. The molecule has 4 aromatic rings. The molecule has 0 radical (unpaired) electrons. The zero-order valence-corrected chi connectivity index (χ0v) is 22.3. The summed E-state index contributed by atoms with van der Waals surface area (Å²) < 4.78 is 74.0. The van der Waals surface area contributed by atoms with Gasteiger partial charge in [-0.25, -0.2) is 18.6 Å². The lowest BCUT2D eigenvalue weighted by molar-refractivity contribution is -0.140. The maximum absolute atomic E-state index is 14.7. The first kappa shape index (κ1) is 29.0. The van der Waals surface area contributed by atoms with Crippen molar-refractivity contribution < 1.29 is 31.5 Å². The molecule has 210 valence electrons. The molecule has 2 aromatic carbocycles. The third-order valence-electron chi connectivity index (χ3n) is 5.63. The van der Waals surface area contributed by atoms with Gasteiger partial charge in [0, 0.05) is 52.6 Å². The second-order valence-corrected chi connectivity index (χ2v) is 9.36. The fraction of sp³-hybridized carbons (Fsp3) is 0.192. The monoisotopic (exact) mass is 625 g/mol. The molecule has 0 fully saturated rings. The standard InChI is InChI=1S/C26H21BrF5N5O3/c1-40-7-6-33-23-11-22-14(12-34-23)8-18(24(38)37(22)13-26(30,31)32)17-9-21(20(29)10-19(17)27)36-25(39)35-16-4-2-15(28)3-5-16/h2-5,8-12H,6-7,13H2,1H3,(H,33,34)(H2,35,36,39). The largest absolute Gasteiger partial charge is 0.406 e. The van der Waals surface area contributed by atoms with Gasteiger partial charge in [0.05, 0.1) is 17.8 Å². The number of nitrogens with zero attached hydrogens (tertiary/aromatic N) is 2. The Morgan fingerprint density at radius 1 is 1.05 bits per heavy atom. The highest BCUT2D eigenvalue weighted by atomic mass is 79.9. The van der Waals surface area contributed by atoms with Gasteiger partial charge in [-0.05, 0) is 42.5 Å². The van der Waals surface area contributed by atoms with Gasteiger partial charge in [0.15, 0.2) is 0 Å². The Balaban J connectivity index is 1.76. The van der Waals surface area contributed by atoms with Crippen LogP contribution in [0.3, 0.4) is 0 Å². The van der Waals surface area contributed by atoms with Gasteiger partial charge in [0.2, 0.25) is 0 Å². The summed E-state index contributed by atoms with van der Waals surface area (Å²) in [6.07, 6.45) is -3.42. The van der Waals surface area contributed by atoms with Crippen LogP contribution in [0.4, 0.5) is 43.9 Å². The lowest BCUT2D eigenvalue weighted by Gasteiger charge is -2.17. The van der Waals surface area contributed by atoms with E-state index in [1.165, 1.54) is 37.6 Å². The number of urea groups is 1. The first-order valence-corrected chi connectivity index (χ1v) is 12.4. The molecule has 0 unspecified atom stereocenters. The fourth-order valence-electron chi connectivity index (χ4n) is 3.85. The molecular formula is C26H21BrF5N5O3. The van der Waals surface area contributed by atoms with Gasteiger partial charge in [-0.1, -0.05) is 15.9 Å². The third-order valence-corrected chi connectivity index (χ3v) is 6.28. The van der Waals surface area contributed by atoms with Crippen LogP contribution in [0.25, 0.3) is 22.0 Å². The van der Waals surface area contributed by atoms with Gasteiger partial charge >= 0.3 is 12.2 Å². The number of benzene rings is 2. The van der Waals surface area contributed by atoms with Crippen molar-refractivity contribution in [2.24, 2.45) is 0 Å². The number of hydrogen-bond acceptors (Lipinski definition) is 5. The second kappa shape index (κ2) is 12.0. The minimum Gasteiger partial charge on any atom is -0.383 e. The lowest BCUT2D eigenvalue weighted by Crippen LogP contribution is -2.29. The molecule has 0 aliphatic carbocycles. The minimum absolute atomic E-state index is 0.0174. The van der Waals surface area contributed by atoms with Crippen LogP contribution >= 0.6 is 15.9 Å². The first-order valence-electron chi connectivity index (χ1n) is 11.6. The van der Waals surface area contributed by atoms with E-state index in [-0.39, 0.29) is 43.7 Å². The highest BCUT2D eigenvalue weighted by Gasteiger charge is 2.30. The molecule has 2 aromatic heterocycles. The van der Waals surface area contributed by atoms with Crippen molar-refractivity contribution in [2.75, 3.05) is 36.2 Å². The summed E-state index contributed by atoms with van der Waals surface area (Å²) in [7, 11) is 1.49. The van der Waals surface area contributed by atoms with E-state index in [0.717, 1.165) is 24.3 Å². The Kier molecular flexibility index (Phi) is 8.69. The van der Waals surface area contributed by atoms with E-state index in [1.54, 1.807) is 0 Å². The number of ether oxygens (including phenoxy) is 1. The number of pyridine rings is 2. The van der Waals surface area contributed by atoms with Crippen LogP contribution in [-0.4, -0.2) is 42.0 Å². The zero-order chi connectivity index (χ0) is 29.0. The number of carbonyl (C=O) groups excluding carboxylic acids is 1. The normalized spacial score (nSPS) is 11.5. The molecule has 2 amide bonds. The van der Waals surface area contributed by atoms with Crippen LogP contribution < -0.4 is 21.5 Å². The molecule has 4 rings (SSSR count). The van der Waals surface area contributed by atoms with Crippen molar-refractivity contribution in [3.8, 4) is 11.1 Å². The Bertz CT molecular complexity index is 1610. The molecule has 8 nitrogen and oxygen atoms in total. The van der Waals surface area contributed by atoms with Gasteiger partial charge in [-0.2, -0.15) is 13.2 Å². The Morgan fingerprint density at radius 2 is 1.77 bits per heavy atom. The van der Waals surface area contributed by atoms with Crippen LogP contribution in [0.5, 0.6) is 0 Å². The van der Waals surface area contributed by atoms with E-state index in [2.05, 4.69) is 36.9 Å². The average Bonchev–Trinajstić information content (AvgIpc) is 2.88. The lowest BCUT2D eigenvalue weighted by atomic mass is 10.0. The Hall–Kier alpha value is -4.04. The number of alkyl halides is 3. The van der Waals surface area contributed by atoms with Crippen molar-refractivity contribution >= 4 is 50.1 Å². The SMILES string of the molecule is COCCNc1cc2c(cn1)cc(-c1cc(NC(=O)Nc3ccc(F)cc3)c(F)cc1Br)c(=O)n2CC(F)(F)F. The number of aromatic nitrogens is 2. The van der Waals surface area contributed by atoms with Crippen molar-refractivity contribution in [1.29, 1.82) is 0 Å². The molecule has 0 aliphatic rings. The number of nitrogens with one attached hydrogen (secondary N) is 3. The maximum atomic E-state index is 14.7. The van der Waals surface area contributed by atoms with Crippen LogP contribution in [-0.2, 0) is 11.3 Å². The van der Waals surface area contributed by atoms with Gasteiger partial charge < -0.3 is 20.7 Å². The molecule has 14 heteroatoms. The van der Waals surface area contributed by atoms with Crippen molar-refractivity contribution in [2.45, 2.75) is 12.7 Å². The number of hydrogen-bond donors (Lipinski definition) is 3. The quantitative estimate of drug-likeness (QED) is 0.156. The van der Waals surface area contributed by atoms with E-state index in [1.807, 2.05) is 0 Å². The van der Waals surface area contributed by atoms with E-state index in [4.69, 9.17) is 4.74 Å². The Labute approximate surface area is 232 Å². The van der Waals surface area contributed by atoms with Crippen molar-refractivity contribution in [1.82, 2.24) is 9.55 Å². The summed E-state index contributed by atoms with van der Waals surface area (Å²) >= 11 is 3.16. The van der Waals surface area contributed by atoms with Gasteiger partial charge in [-0.3, -0.25) is 9.36 Å². The smallest absolute Gasteiger partial charge is 0.383 e. The number of amides is 2. The van der Waals surface area contributed by atoms with Crippen LogP contribution in [0.2, 0.25) is 0 Å². The molecule has 40 heavy (non-hydrogen) atoms. The van der Waals surface area contributed by atoms with Gasteiger partial charge in [0.25, 0.3) is 5.56 Å². The van der Waals surface area contributed by atoms with Crippen LogP contribution in [0, 0.1) is 11.6 Å². The van der Waals surface area contributed by atoms with E-state index < -0.39 is 35.9 Å². The predicted molar refractivity (Wildman–Crippen MR) is 145 cm³/mol. The topological polar surface area (TPSA) is 97.3 Å². The molecular weight excluding hydrogens is 605 g/mol. The van der Waals surface area contributed by atoms with Gasteiger partial charge in [-0.15, -0.1) is 0 Å². The van der Waals surface area contributed by atoms with Crippen molar-refractivity contribution in [3.63, 3.8) is 0 Å². The molecule has 3 N–H and O–H groups in total. The molecule has 0 atom stereocenters. The number of halogens is 6. The van der Waals surface area contributed by atoms with E-state index in [9.17, 15) is 31.5 Å². The molecule has 0 saturated carbocycles. The molecule has 2 heterocycles. The first-order chi connectivity index (χ1) is 18.9. The minimum atomic E-state index is -4.73. The zero-order valence-electron chi connectivity index (χ0n) is 20.7. The van der Waals surface area contributed by atoms with Crippen molar-refractivity contribution in [3.05, 3.63) is 81.2 Å². The maximum Gasteiger partial charge on any atom is 0.406 e. The molecule has 0 aliphatic heterocycles. The summed E-state index contributed by atoms with van der Waals surface area (Å²) in [4.78, 5) is 30.0. The van der Waals surface area contributed by atoms with E-state index in [0.29, 0.717) is 17.7 Å². The molecule has 0 spiro atoms. The number of carbonyl (C=O) groups is 1.